The summed E-state index contributed by atoms with van der Waals surface area (Å²) in [5.74, 6) is 0. The Morgan fingerprint density at radius 2 is 1.65 bits per heavy atom. The normalized spacial score (nSPS) is 11.3. The van der Waals surface area contributed by atoms with Gasteiger partial charge < -0.3 is 11.1 Å². The van der Waals surface area contributed by atoms with Gasteiger partial charge in [0.2, 0.25) is 0 Å². The number of thioether (sulfide) groups is 1. The van der Waals surface area contributed by atoms with Crippen molar-refractivity contribution in [3.8, 4) is 0 Å². The number of halogens is 3. The van der Waals surface area contributed by atoms with Crippen molar-refractivity contribution < 1.29 is 13.2 Å². The highest BCUT2D eigenvalue weighted by atomic mass is 32.2. The second-order valence-corrected chi connectivity index (χ2v) is 5.20. The number of hydrogen-bond donors (Lipinski definition) is 2. The molecule has 106 valence electrons. The molecule has 0 aliphatic heterocycles. The molecule has 0 heterocycles. The van der Waals surface area contributed by atoms with E-state index in [0.29, 0.717) is 17.9 Å². The monoisotopic (exact) mass is 298 g/mol. The van der Waals surface area contributed by atoms with E-state index in [0.717, 1.165) is 5.56 Å². The van der Waals surface area contributed by atoms with E-state index in [4.69, 9.17) is 5.73 Å². The Kier molecular flexibility index (Phi) is 4.44. The Hall–Kier alpha value is -1.82. The first kappa shape index (κ1) is 14.6. The largest absolute Gasteiger partial charge is 0.446 e. The summed E-state index contributed by atoms with van der Waals surface area (Å²) in [6, 6.07) is 13.6. The predicted molar refractivity (Wildman–Crippen MR) is 76.5 cm³/mol. The molecule has 0 bridgehead atoms. The predicted octanol–water partition coefficient (Wildman–Crippen LogP) is 4.49. The van der Waals surface area contributed by atoms with Crippen LogP contribution in [0, 0.1) is 0 Å². The van der Waals surface area contributed by atoms with E-state index in [-0.39, 0.29) is 16.7 Å². The van der Waals surface area contributed by atoms with Crippen LogP contribution in [0.1, 0.15) is 5.56 Å². The molecule has 0 fully saturated rings. The third-order valence-electron chi connectivity index (χ3n) is 2.64. The molecule has 0 saturated carbocycles. The van der Waals surface area contributed by atoms with Gasteiger partial charge in [0, 0.05) is 22.8 Å². The minimum atomic E-state index is -4.30. The van der Waals surface area contributed by atoms with Crippen LogP contribution in [0.2, 0.25) is 0 Å². The van der Waals surface area contributed by atoms with Gasteiger partial charge in [-0.1, -0.05) is 30.3 Å². The molecule has 0 spiro atoms. The summed E-state index contributed by atoms with van der Waals surface area (Å²) < 4.78 is 37.4. The van der Waals surface area contributed by atoms with Crippen molar-refractivity contribution in [1.29, 1.82) is 0 Å². The van der Waals surface area contributed by atoms with Gasteiger partial charge in [-0.15, -0.1) is 0 Å². The van der Waals surface area contributed by atoms with Crippen molar-refractivity contribution in [2.24, 2.45) is 0 Å². The maximum atomic E-state index is 12.5. The van der Waals surface area contributed by atoms with E-state index in [1.165, 1.54) is 6.07 Å². The molecule has 2 aromatic carbocycles. The van der Waals surface area contributed by atoms with Crippen LogP contribution in [0.15, 0.2) is 53.4 Å². The molecule has 2 nitrogen and oxygen atoms in total. The highest BCUT2D eigenvalue weighted by molar-refractivity contribution is 8.00. The number of nitrogen functional groups attached to an aromatic ring is 1. The molecule has 0 saturated heterocycles. The van der Waals surface area contributed by atoms with E-state index in [1.54, 1.807) is 24.3 Å². The Labute approximate surface area is 119 Å². The maximum absolute atomic E-state index is 12.5. The first-order valence-electron chi connectivity index (χ1n) is 5.88. The van der Waals surface area contributed by atoms with Crippen LogP contribution in [-0.4, -0.2) is 5.51 Å². The zero-order valence-electron chi connectivity index (χ0n) is 10.4. The number of para-hydroxylation sites is 2. The number of hydrogen-bond acceptors (Lipinski definition) is 3. The van der Waals surface area contributed by atoms with Gasteiger partial charge >= 0.3 is 5.51 Å². The minimum absolute atomic E-state index is 0.127. The Bertz CT molecular complexity index is 585. The summed E-state index contributed by atoms with van der Waals surface area (Å²) in [4.78, 5) is 0.148. The van der Waals surface area contributed by atoms with E-state index >= 15 is 0 Å². The van der Waals surface area contributed by atoms with Crippen molar-refractivity contribution >= 4 is 23.1 Å². The zero-order chi connectivity index (χ0) is 14.6. The maximum Gasteiger partial charge on any atom is 0.446 e. The van der Waals surface area contributed by atoms with Crippen LogP contribution in [0.5, 0.6) is 0 Å². The second-order valence-electron chi connectivity index (χ2n) is 4.10. The molecular formula is C14H13F3N2S. The number of nitrogens with two attached hydrogens (primary N) is 1. The summed E-state index contributed by atoms with van der Waals surface area (Å²) in [5, 5.41) is 2.99. The van der Waals surface area contributed by atoms with Gasteiger partial charge in [0.05, 0.1) is 0 Å². The fraction of sp³-hybridized carbons (Fsp3) is 0.143. The molecule has 20 heavy (non-hydrogen) atoms. The van der Waals surface area contributed by atoms with Crippen LogP contribution < -0.4 is 11.1 Å². The average molecular weight is 298 g/mol. The zero-order valence-corrected chi connectivity index (χ0v) is 11.3. The van der Waals surface area contributed by atoms with E-state index < -0.39 is 5.51 Å². The van der Waals surface area contributed by atoms with Gasteiger partial charge in [0.15, 0.2) is 0 Å². The van der Waals surface area contributed by atoms with Crippen LogP contribution >= 0.6 is 11.8 Å². The topological polar surface area (TPSA) is 38.0 Å². The van der Waals surface area contributed by atoms with Crippen LogP contribution in [0.4, 0.5) is 24.5 Å². The molecule has 0 aromatic heterocycles. The number of benzene rings is 2. The average Bonchev–Trinajstić information content (AvgIpc) is 2.37. The highest BCUT2D eigenvalue weighted by Crippen LogP contribution is 2.40. The summed E-state index contributed by atoms with van der Waals surface area (Å²) in [6.07, 6.45) is 0. The first-order valence-corrected chi connectivity index (χ1v) is 6.69. The lowest BCUT2D eigenvalue weighted by molar-refractivity contribution is -0.0327. The fourth-order valence-electron chi connectivity index (χ4n) is 1.71. The van der Waals surface area contributed by atoms with Crippen molar-refractivity contribution in [2.75, 3.05) is 11.1 Å². The fourth-order valence-corrected chi connectivity index (χ4v) is 2.36. The van der Waals surface area contributed by atoms with Crippen LogP contribution in [-0.2, 0) is 6.54 Å². The number of rotatable bonds is 4. The smallest absolute Gasteiger partial charge is 0.398 e. The molecule has 0 unspecified atom stereocenters. The molecule has 0 radical (unpaired) electrons. The molecule has 0 aliphatic carbocycles. The van der Waals surface area contributed by atoms with E-state index in [9.17, 15) is 13.2 Å². The van der Waals surface area contributed by atoms with Crippen molar-refractivity contribution in [3.05, 3.63) is 54.1 Å². The van der Waals surface area contributed by atoms with Gasteiger partial charge in [-0.25, -0.2) is 0 Å². The molecule has 6 heteroatoms. The summed E-state index contributed by atoms with van der Waals surface area (Å²) >= 11 is -0.127. The number of nitrogens with one attached hydrogen (secondary N) is 1. The first-order chi connectivity index (χ1) is 9.46. The molecule has 2 rings (SSSR count). The lowest BCUT2D eigenvalue weighted by Crippen LogP contribution is -2.05. The van der Waals surface area contributed by atoms with Gasteiger partial charge in [0.1, 0.15) is 0 Å². The van der Waals surface area contributed by atoms with E-state index in [2.05, 4.69) is 5.32 Å². The van der Waals surface area contributed by atoms with Gasteiger partial charge in [0.25, 0.3) is 0 Å². The third kappa shape index (κ3) is 4.09. The van der Waals surface area contributed by atoms with Gasteiger partial charge in [-0.2, -0.15) is 13.2 Å². The van der Waals surface area contributed by atoms with Gasteiger partial charge in [-0.05, 0) is 35.5 Å². The minimum Gasteiger partial charge on any atom is -0.398 e. The van der Waals surface area contributed by atoms with Crippen molar-refractivity contribution in [3.63, 3.8) is 0 Å². The summed E-state index contributed by atoms with van der Waals surface area (Å²) in [6.45, 7) is 0.377. The van der Waals surface area contributed by atoms with Gasteiger partial charge in [-0.3, -0.25) is 0 Å². The third-order valence-corrected chi connectivity index (χ3v) is 3.44. The standard InChI is InChI=1S/C14H13F3N2S/c15-14(16,17)20-13-8-4-3-7-12(13)19-9-10-5-1-2-6-11(10)18/h1-8,19H,9,18H2. The van der Waals surface area contributed by atoms with Crippen LogP contribution in [0.3, 0.4) is 0 Å². The van der Waals surface area contributed by atoms with Crippen molar-refractivity contribution in [1.82, 2.24) is 0 Å². The summed E-state index contributed by atoms with van der Waals surface area (Å²) in [7, 11) is 0. The quantitative estimate of drug-likeness (QED) is 0.645. The Morgan fingerprint density at radius 3 is 2.35 bits per heavy atom. The number of alkyl halides is 3. The van der Waals surface area contributed by atoms with Crippen molar-refractivity contribution in [2.45, 2.75) is 16.9 Å². The Balaban J connectivity index is 2.12. The molecule has 3 N–H and O–H groups in total. The van der Waals surface area contributed by atoms with Crippen LogP contribution in [0.25, 0.3) is 0 Å². The molecule has 0 atom stereocenters. The van der Waals surface area contributed by atoms with E-state index in [1.807, 2.05) is 18.2 Å². The summed E-state index contributed by atoms with van der Waals surface area (Å²) in [5.41, 5.74) is 3.40. The second kappa shape index (κ2) is 6.09. The molecule has 2 aromatic rings. The molecule has 0 amide bonds. The SMILES string of the molecule is Nc1ccccc1CNc1ccccc1SC(F)(F)F. The highest BCUT2D eigenvalue weighted by Gasteiger charge is 2.30. The lowest BCUT2D eigenvalue weighted by Gasteiger charge is -2.13. The Morgan fingerprint density at radius 1 is 1.00 bits per heavy atom. The lowest BCUT2D eigenvalue weighted by atomic mass is 10.2. The molecular weight excluding hydrogens is 285 g/mol. The molecule has 0 aliphatic rings. The number of anilines is 2.